The van der Waals surface area contributed by atoms with Crippen molar-refractivity contribution in [1.29, 1.82) is 0 Å². The van der Waals surface area contributed by atoms with E-state index in [0.29, 0.717) is 6.04 Å². The average Bonchev–Trinajstić information content (AvgIpc) is 2.59. The Kier molecular flexibility index (Phi) is 4.70. The summed E-state index contributed by atoms with van der Waals surface area (Å²) in [6.07, 6.45) is 4.25. The molecule has 1 N–H and O–H groups in total. The van der Waals surface area contributed by atoms with E-state index in [4.69, 9.17) is 4.74 Å². The Morgan fingerprint density at radius 3 is 2.93 bits per heavy atom. The zero-order chi connectivity index (χ0) is 10.4. The molecule has 80 valence electrons. The van der Waals surface area contributed by atoms with Crippen LogP contribution in [-0.4, -0.2) is 24.3 Å². The van der Waals surface area contributed by atoms with Gasteiger partial charge in [-0.25, -0.2) is 0 Å². The van der Waals surface area contributed by atoms with Crippen LogP contribution < -0.4 is 5.32 Å². The number of aromatic nitrogens is 1. The minimum Gasteiger partial charge on any atom is -0.383 e. The molecule has 0 aliphatic carbocycles. The lowest BCUT2D eigenvalue weighted by molar-refractivity contribution is 0.187. The molecule has 1 aromatic heterocycles. The summed E-state index contributed by atoms with van der Waals surface area (Å²) in [6, 6.07) is 2.68. The summed E-state index contributed by atoms with van der Waals surface area (Å²) >= 11 is 0. The summed E-state index contributed by atoms with van der Waals surface area (Å²) in [5.74, 6) is 0. The molecule has 0 atom stereocenters. The number of hydrogen-bond donors (Lipinski definition) is 1. The maximum absolute atomic E-state index is 5.02. The molecular formula is C11H20N2O. The highest BCUT2D eigenvalue weighted by Crippen LogP contribution is 2.01. The minimum absolute atomic E-state index is 0.539. The molecule has 0 unspecified atom stereocenters. The monoisotopic (exact) mass is 196 g/mol. The van der Waals surface area contributed by atoms with E-state index in [1.54, 1.807) is 7.11 Å². The van der Waals surface area contributed by atoms with Crippen LogP contribution in [0.5, 0.6) is 0 Å². The van der Waals surface area contributed by atoms with E-state index in [1.807, 2.05) is 0 Å². The quantitative estimate of drug-likeness (QED) is 0.748. The highest BCUT2D eigenvalue weighted by atomic mass is 16.5. The van der Waals surface area contributed by atoms with Gasteiger partial charge in [0.15, 0.2) is 0 Å². The molecule has 3 heteroatoms. The normalized spacial score (nSPS) is 11.1. The standard InChI is InChI=1S/C11H20N2O/c1-10(2)12-8-11-4-5-13(9-11)6-7-14-3/h4-5,9-10,12H,6-8H2,1-3H3. The molecule has 0 aromatic carbocycles. The third-order valence-electron chi connectivity index (χ3n) is 2.08. The Morgan fingerprint density at radius 1 is 1.50 bits per heavy atom. The first-order chi connectivity index (χ1) is 6.72. The van der Waals surface area contributed by atoms with Crippen LogP contribution in [0.15, 0.2) is 18.5 Å². The summed E-state index contributed by atoms with van der Waals surface area (Å²) in [5.41, 5.74) is 1.33. The van der Waals surface area contributed by atoms with Crippen molar-refractivity contribution in [2.24, 2.45) is 0 Å². The average molecular weight is 196 g/mol. The van der Waals surface area contributed by atoms with Crippen molar-refractivity contribution in [3.63, 3.8) is 0 Å². The summed E-state index contributed by atoms with van der Waals surface area (Å²) in [4.78, 5) is 0. The van der Waals surface area contributed by atoms with Crippen molar-refractivity contribution in [1.82, 2.24) is 9.88 Å². The summed E-state index contributed by atoms with van der Waals surface area (Å²) in [5, 5.41) is 3.39. The van der Waals surface area contributed by atoms with Gasteiger partial charge in [-0.05, 0) is 11.6 Å². The fourth-order valence-electron chi connectivity index (χ4n) is 1.25. The van der Waals surface area contributed by atoms with Gasteiger partial charge in [0.1, 0.15) is 0 Å². The van der Waals surface area contributed by atoms with E-state index in [0.717, 1.165) is 19.7 Å². The van der Waals surface area contributed by atoms with Gasteiger partial charge in [-0.1, -0.05) is 13.8 Å². The molecule has 14 heavy (non-hydrogen) atoms. The second-order valence-corrected chi connectivity index (χ2v) is 3.79. The van der Waals surface area contributed by atoms with Gasteiger partial charge >= 0.3 is 0 Å². The van der Waals surface area contributed by atoms with Crippen LogP contribution in [0, 0.1) is 0 Å². The van der Waals surface area contributed by atoms with E-state index in [-0.39, 0.29) is 0 Å². The highest BCUT2D eigenvalue weighted by molar-refractivity contribution is 5.09. The first-order valence-electron chi connectivity index (χ1n) is 5.09. The van der Waals surface area contributed by atoms with E-state index in [9.17, 15) is 0 Å². The molecule has 0 saturated heterocycles. The molecule has 0 aliphatic rings. The van der Waals surface area contributed by atoms with E-state index < -0.39 is 0 Å². The van der Waals surface area contributed by atoms with E-state index in [2.05, 4.69) is 42.2 Å². The van der Waals surface area contributed by atoms with Gasteiger partial charge in [0, 0.05) is 38.6 Å². The van der Waals surface area contributed by atoms with Crippen LogP contribution in [0.2, 0.25) is 0 Å². The molecule has 0 radical (unpaired) electrons. The fraction of sp³-hybridized carbons (Fsp3) is 0.636. The molecule has 0 spiro atoms. The first kappa shape index (κ1) is 11.3. The van der Waals surface area contributed by atoms with Gasteiger partial charge in [-0.2, -0.15) is 0 Å². The van der Waals surface area contributed by atoms with Gasteiger partial charge in [0.2, 0.25) is 0 Å². The fourth-order valence-corrected chi connectivity index (χ4v) is 1.25. The lowest BCUT2D eigenvalue weighted by Gasteiger charge is -2.05. The molecule has 0 bridgehead atoms. The molecule has 3 nitrogen and oxygen atoms in total. The second kappa shape index (κ2) is 5.83. The third-order valence-corrected chi connectivity index (χ3v) is 2.08. The number of methoxy groups -OCH3 is 1. The molecule has 0 aliphatic heterocycles. The predicted molar refractivity (Wildman–Crippen MR) is 58.3 cm³/mol. The van der Waals surface area contributed by atoms with Crippen molar-refractivity contribution in [3.8, 4) is 0 Å². The first-order valence-corrected chi connectivity index (χ1v) is 5.09. The molecule has 1 aromatic rings. The Bertz CT molecular complexity index is 256. The van der Waals surface area contributed by atoms with Crippen molar-refractivity contribution >= 4 is 0 Å². The van der Waals surface area contributed by atoms with Gasteiger partial charge in [-0.3, -0.25) is 0 Å². The van der Waals surface area contributed by atoms with Crippen LogP contribution in [0.1, 0.15) is 19.4 Å². The molecule has 0 amide bonds. The van der Waals surface area contributed by atoms with Crippen LogP contribution in [0.4, 0.5) is 0 Å². The highest BCUT2D eigenvalue weighted by Gasteiger charge is 1.97. The summed E-state index contributed by atoms with van der Waals surface area (Å²) in [7, 11) is 1.73. The summed E-state index contributed by atoms with van der Waals surface area (Å²) < 4.78 is 7.17. The van der Waals surface area contributed by atoms with Crippen molar-refractivity contribution in [2.45, 2.75) is 33.0 Å². The van der Waals surface area contributed by atoms with Crippen LogP contribution in [-0.2, 0) is 17.8 Å². The number of nitrogens with zero attached hydrogens (tertiary/aromatic N) is 1. The van der Waals surface area contributed by atoms with Crippen LogP contribution >= 0.6 is 0 Å². The third kappa shape index (κ3) is 3.94. The Hall–Kier alpha value is -0.800. The maximum Gasteiger partial charge on any atom is 0.0641 e. The minimum atomic E-state index is 0.539. The number of rotatable bonds is 6. The Morgan fingerprint density at radius 2 is 2.29 bits per heavy atom. The molecule has 1 heterocycles. The zero-order valence-corrected chi connectivity index (χ0v) is 9.29. The lowest BCUT2D eigenvalue weighted by Crippen LogP contribution is -2.21. The van der Waals surface area contributed by atoms with E-state index in [1.165, 1.54) is 5.56 Å². The maximum atomic E-state index is 5.02. The van der Waals surface area contributed by atoms with Crippen molar-refractivity contribution < 1.29 is 4.74 Å². The number of ether oxygens (including phenoxy) is 1. The zero-order valence-electron chi connectivity index (χ0n) is 9.29. The SMILES string of the molecule is COCCn1ccc(CNC(C)C)c1. The largest absolute Gasteiger partial charge is 0.383 e. The summed E-state index contributed by atoms with van der Waals surface area (Å²) in [6.45, 7) is 6.95. The van der Waals surface area contributed by atoms with Crippen molar-refractivity contribution in [2.75, 3.05) is 13.7 Å². The van der Waals surface area contributed by atoms with Crippen molar-refractivity contribution in [3.05, 3.63) is 24.0 Å². The molecule has 0 saturated carbocycles. The smallest absolute Gasteiger partial charge is 0.0641 e. The van der Waals surface area contributed by atoms with Gasteiger partial charge in [0.05, 0.1) is 6.61 Å². The molecule has 1 rings (SSSR count). The second-order valence-electron chi connectivity index (χ2n) is 3.79. The number of hydrogen-bond acceptors (Lipinski definition) is 2. The molecular weight excluding hydrogens is 176 g/mol. The lowest BCUT2D eigenvalue weighted by atomic mass is 10.3. The topological polar surface area (TPSA) is 26.2 Å². The molecule has 0 fully saturated rings. The Balaban J connectivity index is 2.35. The van der Waals surface area contributed by atoms with Gasteiger partial charge in [-0.15, -0.1) is 0 Å². The van der Waals surface area contributed by atoms with Gasteiger partial charge in [0.25, 0.3) is 0 Å². The van der Waals surface area contributed by atoms with E-state index >= 15 is 0 Å². The van der Waals surface area contributed by atoms with Crippen LogP contribution in [0.3, 0.4) is 0 Å². The van der Waals surface area contributed by atoms with Crippen LogP contribution in [0.25, 0.3) is 0 Å². The Labute approximate surface area is 86.1 Å². The predicted octanol–water partition coefficient (Wildman–Crippen LogP) is 1.63. The van der Waals surface area contributed by atoms with Gasteiger partial charge < -0.3 is 14.6 Å². The number of nitrogens with one attached hydrogen (secondary N) is 1.